The second-order valence-electron chi connectivity index (χ2n) is 2.87. The van der Waals surface area contributed by atoms with Gasteiger partial charge in [0.25, 0.3) is 0 Å². The first-order valence-corrected chi connectivity index (χ1v) is 5.40. The number of hydrogen-bond acceptors (Lipinski definition) is 3. The molecule has 2 atom stereocenters. The van der Waals surface area contributed by atoms with Crippen molar-refractivity contribution in [2.75, 3.05) is 5.75 Å². The minimum atomic E-state index is -1.10. The minimum absolute atomic E-state index is 0.124. The predicted molar refractivity (Wildman–Crippen MR) is 58.9 cm³/mol. The lowest BCUT2D eigenvalue weighted by molar-refractivity contribution is 0.0336. The third-order valence-electron chi connectivity index (χ3n) is 1.84. The summed E-state index contributed by atoms with van der Waals surface area (Å²) < 4.78 is 13.4. The first-order chi connectivity index (χ1) is 6.56. The zero-order chi connectivity index (χ0) is 10.7. The van der Waals surface area contributed by atoms with E-state index in [1.165, 1.54) is 12.1 Å². The molecule has 0 amide bonds. The summed E-state index contributed by atoms with van der Waals surface area (Å²) in [5.74, 6) is -0.341. The molecular formula is C9H10BrFO2S. The monoisotopic (exact) mass is 280 g/mol. The van der Waals surface area contributed by atoms with Gasteiger partial charge in [-0.2, -0.15) is 12.6 Å². The van der Waals surface area contributed by atoms with Gasteiger partial charge < -0.3 is 10.2 Å². The van der Waals surface area contributed by atoms with Crippen molar-refractivity contribution >= 4 is 28.6 Å². The molecule has 14 heavy (non-hydrogen) atoms. The van der Waals surface area contributed by atoms with Crippen LogP contribution in [0.5, 0.6) is 0 Å². The SMILES string of the molecule is OC(CS)C(O)c1ccc(Br)c(F)c1. The number of aliphatic hydroxyl groups excluding tert-OH is 2. The maximum Gasteiger partial charge on any atom is 0.137 e. The lowest BCUT2D eigenvalue weighted by atomic mass is 10.1. The normalized spacial score (nSPS) is 15.2. The third-order valence-corrected chi connectivity index (χ3v) is 2.85. The summed E-state index contributed by atoms with van der Waals surface area (Å²) in [6, 6.07) is 4.21. The zero-order valence-corrected chi connectivity index (χ0v) is 9.67. The van der Waals surface area contributed by atoms with E-state index >= 15 is 0 Å². The number of thiol groups is 1. The van der Waals surface area contributed by atoms with Gasteiger partial charge in [-0.05, 0) is 33.6 Å². The molecule has 0 heterocycles. The maximum absolute atomic E-state index is 13.0. The Hall–Kier alpha value is -0.100. The fourth-order valence-electron chi connectivity index (χ4n) is 1.02. The van der Waals surface area contributed by atoms with E-state index in [1.54, 1.807) is 6.07 Å². The van der Waals surface area contributed by atoms with Crippen LogP contribution >= 0.6 is 28.6 Å². The molecule has 0 radical (unpaired) electrons. The molecule has 1 aromatic rings. The topological polar surface area (TPSA) is 40.5 Å². The van der Waals surface area contributed by atoms with Gasteiger partial charge in [-0.1, -0.05) is 6.07 Å². The Kier molecular flexibility index (Phi) is 4.37. The van der Waals surface area contributed by atoms with Crippen LogP contribution in [0.1, 0.15) is 11.7 Å². The van der Waals surface area contributed by atoms with Crippen LogP contribution in [0.25, 0.3) is 0 Å². The Morgan fingerprint density at radius 3 is 2.57 bits per heavy atom. The molecule has 0 aromatic heterocycles. The molecule has 0 bridgehead atoms. The van der Waals surface area contributed by atoms with E-state index in [9.17, 15) is 14.6 Å². The van der Waals surface area contributed by atoms with E-state index in [2.05, 4.69) is 28.6 Å². The molecule has 1 rings (SSSR count). The molecule has 2 nitrogen and oxygen atoms in total. The van der Waals surface area contributed by atoms with E-state index in [4.69, 9.17) is 0 Å². The highest BCUT2D eigenvalue weighted by Crippen LogP contribution is 2.22. The van der Waals surface area contributed by atoms with Crippen molar-refractivity contribution in [1.29, 1.82) is 0 Å². The summed E-state index contributed by atoms with van der Waals surface area (Å²) in [6.45, 7) is 0. The lowest BCUT2D eigenvalue weighted by Crippen LogP contribution is -2.19. The molecule has 0 aliphatic rings. The lowest BCUT2D eigenvalue weighted by Gasteiger charge is -2.16. The van der Waals surface area contributed by atoms with Crippen molar-refractivity contribution in [2.24, 2.45) is 0 Å². The van der Waals surface area contributed by atoms with E-state index in [1.807, 2.05) is 0 Å². The van der Waals surface area contributed by atoms with Crippen LogP contribution in [0.2, 0.25) is 0 Å². The molecule has 2 unspecified atom stereocenters. The van der Waals surface area contributed by atoms with Crippen LogP contribution in [0, 0.1) is 5.82 Å². The summed E-state index contributed by atoms with van der Waals surface area (Å²) in [6.07, 6.45) is -2.09. The summed E-state index contributed by atoms with van der Waals surface area (Å²) in [7, 11) is 0. The van der Waals surface area contributed by atoms with Gasteiger partial charge in [-0.25, -0.2) is 4.39 Å². The Balaban J connectivity index is 2.91. The highest BCUT2D eigenvalue weighted by Gasteiger charge is 2.17. The highest BCUT2D eigenvalue weighted by molar-refractivity contribution is 9.10. The van der Waals surface area contributed by atoms with E-state index in [0.29, 0.717) is 10.0 Å². The molecule has 0 saturated carbocycles. The fraction of sp³-hybridized carbons (Fsp3) is 0.333. The second kappa shape index (κ2) is 5.11. The second-order valence-corrected chi connectivity index (χ2v) is 4.09. The first-order valence-electron chi connectivity index (χ1n) is 3.98. The molecule has 0 aliphatic heterocycles. The van der Waals surface area contributed by atoms with E-state index in [-0.39, 0.29) is 5.75 Å². The van der Waals surface area contributed by atoms with Gasteiger partial charge in [0.15, 0.2) is 0 Å². The molecule has 2 N–H and O–H groups in total. The molecule has 0 spiro atoms. The first kappa shape index (κ1) is 12.0. The van der Waals surface area contributed by atoms with Crippen LogP contribution < -0.4 is 0 Å². The zero-order valence-electron chi connectivity index (χ0n) is 7.19. The van der Waals surface area contributed by atoms with Crippen molar-refractivity contribution in [3.63, 3.8) is 0 Å². The summed E-state index contributed by atoms with van der Waals surface area (Å²) in [5, 5.41) is 18.8. The Morgan fingerprint density at radius 2 is 2.07 bits per heavy atom. The maximum atomic E-state index is 13.0. The average molecular weight is 281 g/mol. The summed E-state index contributed by atoms with van der Waals surface area (Å²) in [4.78, 5) is 0. The highest BCUT2D eigenvalue weighted by atomic mass is 79.9. The van der Waals surface area contributed by atoms with Crippen molar-refractivity contribution in [1.82, 2.24) is 0 Å². The molecule has 0 fully saturated rings. The van der Waals surface area contributed by atoms with Crippen LogP contribution in [-0.4, -0.2) is 22.1 Å². The Morgan fingerprint density at radius 1 is 1.43 bits per heavy atom. The fourth-order valence-corrected chi connectivity index (χ4v) is 1.46. The van der Waals surface area contributed by atoms with Crippen LogP contribution in [0.15, 0.2) is 22.7 Å². The van der Waals surface area contributed by atoms with Crippen molar-refractivity contribution < 1.29 is 14.6 Å². The van der Waals surface area contributed by atoms with Gasteiger partial charge in [0.2, 0.25) is 0 Å². The third kappa shape index (κ3) is 2.70. The van der Waals surface area contributed by atoms with Gasteiger partial charge in [-0.15, -0.1) is 0 Å². The van der Waals surface area contributed by atoms with Gasteiger partial charge in [0, 0.05) is 5.75 Å². The van der Waals surface area contributed by atoms with Gasteiger partial charge >= 0.3 is 0 Å². The smallest absolute Gasteiger partial charge is 0.137 e. The molecule has 5 heteroatoms. The quantitative estimate of drug-likeness (QED) is 0.741. The summed E-state index contributed by atoms with van der Waals surface area (Å²) in [5.41, 5.74) is 0.340. The van der Waals surface area contributed by atoms with Crippen LogP contribution in [-0.2, 0) is 0 Å². The van der Waals surface area contributed by atoms with Gasteiger partial charge in [0.05, 0.1) is 10.6 Å². The number of rotatable bonds is 3. The van der Waals surface area contributed by atoms with E-state index in [0.717, 1.165) is 0 Å². The predicted octanol–water partition coefficient (Wildman–Crippen LogP) is 1.91. The largest absolute Gasteiger partial charge is 0.389 e. The standard InChI is InChI=1S/C9H10BrFO2S/c10-6-2-1-5(3-7(6)11)9(13)8(12)4-14/h1-3,8-9,12-14H,4H2. The van der Waals surface area contributed by atoms with Gasteiger partial charge in [-0.3, -0.25) is 0 Å². The number of aliphatic hydroxyl groups is 2. The number of benzene rings is 1. The number of halogens is 2. The molecule has 0 aliphatic carbocycles. The molecule has 1 aromatic carbocycles. The minimum Gasteiger partial charge on any atom is -0.389 e. The average Bonchev–Trinajstić information content (AvgIpc) is 2.20. The van der Waals surface area contributed by atoms with Gasteiger partial charge in [0.1, 0.15) is 11.9 Å². The van der Waals surface area contributed by atoms with Crippen molar-refractivity contribution in [3.8, 4) is 0 Å². The molecule has 0 saturated heterocycles. The van der Waals surface area contributed by atoms with E-state index < -0.39 is 18.0 Å². The van der Waals surface area contributed by atoms with Crippen LogP contribution in [0.3, 0.4) is 0 Å². The Labute approximate surface area is 95.3 Å². The Bertz CT molecular complexity index is 322. The van der Waals surface area contributed by atoms with Crippen molar-refractivity contribution in [2.45, 2.75) is 12.2 Å². The molecule has 78 valence electrons. The number of hydrogen-bond donors (Lipinski definition) is 3. The van der Waals surface area contributed by atoms with Crippen LogP contribution in [0.4, 0.5) is 4.39 Å². The summed E-state index contributed by atoms with van der Waals surface area (Å²) >= 11 is 6.84. The van der Waals surface area contributed by atoms with Crippen molar-refractivity contribution in [3.05, 3.63) is 34.1 Å². The molecular weight excluding hydrogens is 271 g/mol.